The van der Waals surface area contributed by atoms with Crippen molar-refractivity contribution in [3.05, 3.63) is 74.8 Å². The van der Waals surface area contributed by atoms with Crippen molar-refractivity contribution in [1.29, 1.82) is 0 Å². The minimum atomic E-state index is -0.781. The lowest BCUT2D eigenvalue weighted by Gasteiger charge is -2.13. The van der Waals surface area contributed by atoms with Gasteiger partial charge in [-0.15, -0.1) is 0 Å². The van der Waals surface area contributed by atoms with Crippen LogP contribution >= 0.6 is 23.2 Å². The lowest BCUT2D eigenvalue weighted by atomic mass is 10.1. The summed E-state index contributed by atoms with van der Waals surface area (Å²) in [5.41, 5.74) is 14.5. The second-order valence-corrected chi connectivity index (χ2v) is 9.00. The number of carbonyl (C=O) groups excluding carboxylic acids is 1. The molecule has 0 aliphatic rings. The van der Waals surface area contributed by atoms with Crippen molar-refractivity contribution in [3.63, 3.8) is 0 Å². The van der Waals surface area contributed by atoms with Crippen LogP contribution in [0.15, 0.2) is 53.5 Å². The summed E-state index contributed by atoms with van der Waals surface area (Å²) in [4.78, 5) is 30.6. The molecule has 10 heteroatoms. The van der Waals surface area contributed by atoms with Crippen molar-refractivity contribution < 1.29 is 9.53 Å². The Morgan fingerprint density at radius 3 is 2.66 bits per heavy atom. The maximum atomic E-state index is 13.5. The van der Waals surface area contributed by atoms with Crippen molar-refractivity contribution in [3.8, 4) is 28.0 Å². The number of hydrogen-bond acceptors (Lipinski definition) is 6. The molecule has 8 nitrogen and oxygen atoms in total. The largest absolute Gasteiger partial charge is 0.425 e. The molecule has 4 aromatic rings. The summed E-state index contributed by atoms with van der Waals surface area (Å²) < 4.78 is 6.93. The van der Waals surface area contributed by atoms with Crippen LogP contribution < -0.4 is 21.8 Å². The lowest BCUT2D eigenvalue weighted by molar-refractivity contribution is -0.136. The molecule has 0 amide bonds. The van der Waals surface area contributed by atoms with Crippen LogP contribution in [0, 0.1) is 6.92 Å². The summed E-state index contributed by atoms with van der Waals surface area (Å²) in [7, 11) is 0. The monoisotopic (exact) mass is 513 g/mol. The molecule has 0 saturated heterocycles. The zero-order valence-corrected chi connectivity index (χ0v) is 20.6. The molecule has 1 atom stereocenters. The summed E-state index contributed by atoms with van der Waals surface area (Å²) >= 11 is 12.3. The van der Waals surface area contributed by atoms with Gasteiger partial charge in [0.05, 0.1) is 15.6 Å². The molecule has 0 radical (unpaired) electrons. The van der Waals surface area contributed by atoms with E-state index in [1.54, 1.807) is 36.4 Å². The number of para-hydroxylation sites is 1. The number of aromatic nitrogens is 3. The van der Waals surface area contributed by atoms with Crippen LogP contribution in [0.2, 0.25) is 10.0 Å². The van der Waals surface area contributed by atoms with Gasteiger partial charge in [0.15, 0.2) is 5.65 Å². The SMILES string of the molecule is Cc1[nH]n2c(=O)c(-c3ccccc3OC(=O)[C@H](N)CCCCN)cnc2c1-c1ccc(Cl)c(Cl)c1. The van der Waals surface area contributed by atoms with Gasteiger partial charge in [-0.2, -0.15) is 0 Å². The van der Waals surface area contributed by atoms with Crippen molar-refractivity contribution in [2.24, 2.45) is 11.5 Å². The number of ether oxygens (including phenoxy) is 1. The highest BCUT2D eigenvalue weighted by molar-refractivity contribution is 6.42. The molecule has 0 bridgehead atoms. The number of H-pyrrole nitrogens is 1. The van der Waals surface area contributed by atoms with E-state index in [0.717, 1.165) is 29.7 Å². The summed E-state index contributed by atoms with van der Waals surface area (Å²) in [5, 5.41) is 3.91. The van der Waals surface area contributed by atoms with Gasteiger partial charge in [-0.25, -0.2) is 14.3 Å². The molecule has 0 unspecified atom stereocenters. The Morgan fingerprint density at radius 1 is 1.14 bits per heavy atom. The van der Waals surface area contributed by atoms with Crippen LogP contribution in [0.3, 0.4) is 0 Å². The fourth-order valence-corrected chi connectivity index (χ4v) is 4.20. The first kappa shape index (κ1) is 24.9. The van der Waals surface area contributed by atoms with Gasteiger partial charge in [0.2, 0.25) is 0 Å². The first-order chi connectivity index (χ1) is 16.8. The van der Waals surface area contributed by atoms with Crippen molar-refractivity contribution in [2.75, 3.05) is 6.54 Å². The zero-order valence-electron chi connectivity index (χ0n) is 19.1. The number of halogens is 2. The Kier molecular flexibility index (Phi) is 7.57. The molecule has 5 N–H and O–H groups in total. The van der Waals surface area contributed by atoms with E-state index in [-0.39, 0.29) is 16.9 Å². The first-order valence-electron chi connectivity index (χ1n) is 11.1. The smallest absolute Gasteiger partial charge is 0.328 e. The molecule has 35 heavy (non-hydrogen) atoms. The number of rotatable bonds is 8. The number of nitrogens with one attached hydrogen (secondary N) is 1. The van der Waals surface area contributed by atoms with E-state index >= 15 is 0 Å². The number of carbonyl (C=O) groups is 1. The number of fused-ring (bicyclic) bond motifs is 1. The molecular weight excluding hydrogens is 489 g/mol. The van der Waals surface area contributed by atoms with Gasteiger partial charge in [0.1, 0.15) is 11.8 Å². The standard InChI is InChI=1S/C25H25Cl2N5O3/c1-14-22(15-9-10-18(26)19(27)12-15)23-30-13-17(24(33)32(23)31-14)16-6-2-3-8-21(16)35-25(34)20(29)7-4-5-11-28/h2-3,6,8-10,12-13,20,31H,4-5,7,11,28-29H2,1H3/t20-/m1/s1. The molecule has 0 aliphatic heterocycles. The van der Waals surface area contributed by atoms with Gasteiger partial charge in [-0.1, -0.05) is 53.9 Å². The number of nitrogens with two attached hydrogens (primary N) is 2. The Morgan fingerprint density at radius 2 is 1.91 bits per heavy atom. The van der Waals surface area contributed by atoms with Crippen LogP contribution in [0.25, 0.3) is 27.9 Å². The third-order valence-corrected chi connectivity index (χ3v) is 6.45. The van der Waals surface area contributed by atoms with Gasteiger partial charge in [-0.3, -0.25) is 9.89 Å². The van der Waals surface area contributed by atoms with Gasteiger partial charge in [0.25, 0.3) is 5.56 Å². The number of benzene rings is 2. The molecule has 2 heterocycles. The van der Waals surface area contributed by atoms with Crippen molar-refractivity contribution in [2.45, 2.75) is 32.2 Å². The van der Waals surface area contributed by atoms with Gasteiger partial charge in [-0.05, 0) is 50.1 Å². The molecule has 182 valence electrons. The normalized spacial score (nSPS) is 12.1. The van der Waals surface area contributed by atoms with Crippen LogP contribution in [0.5, 0.6) is 5.75 Å². The maximum absolute atomic E-state index is 13.5. The minimum Gasteiger partial charge on any atom is -0.425 e. The molecule has 0 fully saturated rings. The average molecular weight is 514 g/mol. The second-order valence-electron chi connectivity index (χ2n) is 8.18. The van der Waals surface area contributed by atoms with Gasteiger partial charge >= 0.3 is 5.97 Å². The lowest BCUT2D eigenvalue weighted by Crippen LogP contribution is -2.34. The van der Waals surface area contributed by atoms with Crippen LogP contribution in [0.4, 0.5) is 0 Å². The van der Waals surface area contributed by atoms with Crippen molar-refractivity contribution >= 4 is 34.8 Å². The molecule has 0 saturated carbocycles. The Hall–Kier alpha value is -3.17. The number of hydrogen-bond donors (Lipinski definition) is 3. The highest BCUT2D eigenvalue weighted by atomic mass is 35.5. The quantitative estimate of drug-likeness (QED) is 0.182. The van der Waals surface area contributed by atoms with Crippen molar-refractivity contribution in [1.82, 2.24) is 14.6 Å². The topological polar surface area (TPSA) is 128 Å². The fraction of sp³-hybridized carbons (Fsp3) is 0.240. The summed E-state index contributed by atoms with van der Waals surface area (Å²) in [5.74, 6) is -0.333. The first-order valence-corrected chi connectivity index (χ1v) is 11.9. The molecular formula is C25H25Cl2N5O3. The average Bonchev–Trinajstić information content (AvgIpc) is 3.18. The van der Waals surface area contributed by atoms with E-state index in [0.29, 0.717) is 34.2 Å². The van der Waals surface area contributed by atoms with Gasteiger partial charge < -0.3 is 16.2 Å². The van der Waals surface area contributed by atoms with Crippen LogP contribution in [0.1, 0.15) is 25.0 Å². The Labute approximate surface area is 211 Å². The number of esters is 1. The molecule has 2 aromatic carbocycles. The minimum absolute atomic E-state index is 0.235. The summed E-state index contributed by atoms with van der Waals surface area (Å²) in [6, 6.07) is 11.2. The molecule has 4 rings (SSSR count). The number of unbranched alkanes of at least 4 members (excludes halogenated alkanes) is 1. The highest BCUT2D eigenvalue weighted by Crippen LogP contribution is 2.33. The van der Waals surface area contributed by atoms with E-state index in [2.05, 4.69) is 10.1 Å². The third kappa shape index (κ3) is 5.11. The molecule has 0 spiro atoms. The fourth-order valence-electron chi connectivity index (χ4n) is 3.90. The van der Waals surface area contributed by atoms with Crippen LogP contribution in [-0.2, 0) is 4.79 Å². The highest BCUT2D eigenvalue weighted by Gasteiger charge is 2.21. The number of aryl methyl sites for hydroxylation is 1. The molecule has 0 aliphatic carbocycles. The third-order valence-electron chi connectivity index (χ3n) is 5.71. The maximum Gasteiger partial charge on any atom is 0.328 e. The van der Waals surface area contributed by atoms with E-state index < -0.39 is 12.0 Å². The Bertz CT molecular complexity index is 1450. The van der Waals surface area contributed by atoms with Gasteiger partial charge in [0, 0.05) is 23.0 Å². The van der Waals surface area contributed by atoms with E-state index in [1.165, 1.54) is 10.7 Å². The summed E-state index contributed by atoms with van der Waals surface area (Å²) in [6.07, 6.45) is 3.44. The summed E-state index contributed by atoms with van der Waals surface area (Å²) in [6.45, 7) is 2.38. The van der Waals surface area contributed by atoms with E-state index in [9.17, 15) is 9.59 Å². The number of aromatic amines is 1. The zero-order chi connectivity index (χ0) is 25.1. The van der Waals surface area contributed by atoms with Crippen LogP contribution in [-0.4, -0.2) is 33.2 Å². The van der Waals surface area contributed by atoms with E-state index in [1.807, 2.05) is 13.0 Å². The predicted molar refractivity (Wildman–Crippen MR) is 138 cm³/mol. The molecule has 2 aromatic heterocycles. The number of nitrogens with zero attached hydrogens (tertiary/aromatic N) is 2. The second kappa shape index (κ2) is 10.6. The predicted octanol–water partition coefficient (Wildman–Crippen LogP) is 4.33. The Balaban J connectivity index is 1.72. The van der Waals surface area contributed by atoms with E-state index in [4.69, 9.17) is 39.4 Å².